The third-order valence-electron chi connectivity index (χ3n) is 4.09. The molecule has 9 heteroatoms. The number of hydrogen-bond acceptors (Lipinski definition) is 4. The SMILES string of the molecule is CC(c1ccc(OC(F)(F)F)cc1)N1C(=O)c2cc(F)cc(C#N)c2C1=O. The van der Waals surface area contributed by atoms with Crippen LogP contribution in [-0.2, 0) is 0 Å². The molecule has 0 aliphatic carbocycles. The number of benzene rings is 2. The molecule has 3 rings (SSSR count). The lowest BCUT2D eigenvalue weighted by Crippen LogP contribution is -2.32. The van der Waals surface area contributed by atoms with Crippen molar-refractivity contribution in [2.24, 2.45) is 0 Å². The summed E-state index contributed by atoms with van der Waals surface area (Å²) in [7, 11) is 0. The minimum absolute atomic E-state index is 0.187. The molecule has 1 atom stereocenters. The number of imide groups is 1. The number of fused-ring (bicyclic) bond motifs is 1. The molecular weight excluding hydrogens is 368 g/mol. The largest absolute Gasteiger partial charge is 0.573 e. The average Bonchev–Trinajstić information content (AvgIpc) is 2.83. The van der Waals surface area contributed by atoms with Crippen LogP contribution in [0.15, 0.2) is 36.4 Å². The van der Waals surface area contributed by atoms with Crippen molar-refractivity contribution in [3.63, 3.8) is 0 Å². The Hall–Kier alpha value is -3.41. The molecule has 1 unspecified atom stereocenters. The lowest BCUT2D eigenvalue weighted by Gasteiger charge is -2.23. The molecule has 0 bridgehead atoms. The number of halogens is 4. The second-order valence-corrected chi connectivity index (χ2v) is 5.76. The standard InChI is InChI=1S/C18H10F4N2O3/c1-9(10-2-4-13(5-3-10)27-18(20,21)22)24-16(25)14-7-12(19)6-11(8-23)15(14)17(24)26/h2-7,9H,1H3. The fraction of sp³-hybridized carbons (Fsp3) is 0.167. The van der Waals surface area contributed by atoms with E-state index in [-0.39, 0.29) is 16.7 Å². The molecule has 0 saturated carbocycles. The third-order valence-corrected chi connectivity index (χ3v) is 4.09. The van der Waals surface area contributed by atoms with Crippen LogP contribution >= 0.6 is 0 Å². The number of nitriles is 1. The van der Waals surface area contributed by atoms with E-state index >= 15 is 0 Å². The van der Waals surface area contributed by atoms with Gasteiger partial charge in [0.1, 0.15) is 17.6 Å². The maximum Gasteiger partial charge on any atom is 0.573 e. The second kappa shape index (κ2) is 6.39. The van der Waals surface area contributed by atoms with E-state index in [0.29, 0.717) is 5.56 Å². The maximum atomic E-state index is 13.6. The Balaban J connectivity index is 1.92. The molecule has 1 aliphatic heterocycles. The summed E-state index contributed by atoms with van der Waals surface area (Å²) >= 11 is 0. The normalized spacial score (nSPS) is 14.7. The van der Waals surface area contributed by atoms with E-state index in [1.165, 1.54) is 19.1 Å². The molecule has 138 valence electrons. The van der Waals surface area contributed by atoms with E-state index in [1.54, 1.807) is 6.07 Å². The van der Waals surface area contributed by atoms with Crippen molar-refractivity contribution < 1.29 is 31.9 Å². The molecular formula is C18H10F4N2O3. The van der Waals surface area contributed by atoms with Gasteiger partial charge in [-0.05, 0) is 36.8 Å². The summed E-state index contributed by atoms with van der Waals surface area (Å²) < 4.78 is 54.1. The lowest BCUT2D eigenvalue weighted by atomic mass is 10.0. The van der Waals surface area contributed by atoms with Crippen molar-refractivity contribution in [1.82, 2.24) is 4.90 Å². The Morgan fingerprint density at radius 1 is 1.11 bits per heavy atom. The molecule has 27 heavy (non-hydrogen) atoms. The Bertz CT molecular complexity index is 978. The second-order valence-electron chi connectivity index (χ2n) is 5.76. The minimum atomic E-state index is -4.84. The highest BCUT2D eigenvalue weighted by molar-refractivity contribution is 6.22. The van der Waals surface area contributed by atoms with Gasteiger partial charge >= 0.3 is 6.36 Å². The van der Waals surface area contributed by atoms with Gasteiger partial charge in [0, 0.05) is 0 Å². The van der Waals surface area contributed by atoms with Crippen LogP contribution in [0, 0.1) is 17.1 Å². The molecule has 2 aromatic carbocycles. The highest BCUT2D eigenvalue weighted by Gasteiger charge is 2.41. The van der Waals surface area contributed by atoms with E-state index in [1.807, 2.05) is 0 Å². The Morgan fingerprint density at radius 3 is 2.30 bits per heavy atom. The summed E-state index contributed by atoms with van der Waals surface area (Å²) in [5.41, 5.74) is -0.307. The zero-order chi connectivity index (χ0) is 19.9. The predicted molar refractivity (Wildman–Crippen MR) is 83.2 cm³/mol. The lowest BCUT2D eigenvalue weighted by molar-refractivity contribution is -0.274. The molecule has 5 nitrogen and oxygen atoms in total. The molecule has 1 aliphatic rings. The summed E-state index contributed by atoms with van der Waals surface area (Å²) in [5.74, 6) is -2.83. The van der Waals surface area contributed by atoms with Crippen molar-refractivity contribution in [1.29, 1.82) is 5.26 Å². The molecule has 0 radical (unpaired) electrons. The van der Waals surface area contributed by atoms with Gasteiger partial charge in [-0.1, -0.05) is 12.1 Å². The van der Waals surface area contributed by atoms with Crippen molar-refractivity contribution in [2.75, 3.05) is 0 Å². The van der Waals surface area contributed by atoms with Crippen LogP contribution in [0.3, 0.4) is 0 Å². The van der Waals surface area contributed by atoms with Crippen molar-refractivity contribution >= 4 is 11.8 Å². The number of carbonyl (C=O) groups is 2. The third kappa shape index (κ3) is 3.33. The van der Waals surface area contributed by atoms with Crippen molar-refractivity contribution in [3.8, 4) is 11.8 Å². The molecule has 0 fully saturated rings. The summed E-state index contributed by atoms with van der Waals surface area (Å²) in [4.78, 5) is 26.0. The number of rotatable bonds is 3. The molecule has 2 amide bonds. The number of ether oxygens (including phenoxy) is 1. The van der Waals surface area contributed by atoms with Crippen LogP contribution in [0.4, 0.5) is 17.6 Å². The first kappa shape index (κ1) is 18.4. The fourth-order valence-corrected chi connectivity index (χ4v) is 2.89. The maximum absolute atomic E-state index is 13.6. The molecule has 0 N–H and O–H groups in total. The van der Waals surface area contributed by atoms with Gasteiger partial charge in [0.15, 0.2) is 0 Å². The van der Waals surface area contributed by atoms with Crippen LogP contribution in [0.25, 0.3) is 0 Å². The number of amides is 2. The number of nitrogens with zero attached hydrogens (tertiary/aromatic N) is 2. The Kier molecular flexibility index (Phi) is 4.35. The van der Waals surface area contributed by atoms with Crippen LogP contribution in [-0.4, -0.2) is 23.1 Å². The van der Waals surface area contributed by atoms with Gasteiger partial charge in [0.05, 0.1) is 22.7 Å². The van der Waals surface area contributed by atoms with Gasteiger partial charge in [-0.25, -0.2) is 4.39 Å². The highest BCUT2D eigenvalue weighted by Crippen LogP contribution is 2.34. The molecule has 0 aromatic heterocycles. The van der Waals surface area contributed by atoms with Gasteiger partial charge in [-0.3, -0.25) is 14.5 Å². The Morgan fingerprint density at radius 2 is 1.74 bits per heavy atom. The Labute approximate surface area is 150 Å². The van der Waals surface area contributed by atoms with Crippen LogP contribution in [0.2, 0.25) is 0 Å². The molecule has 0 spiro atoms. The van der Waals surface area contributed by atoms with E-state index < -0.39 is 35.8 Å². The molecule has 2 aromatic rings. The summed E-state index contributed by atoms with van der Waals surface area (Å²) in [6.45, 7) is 1.49. The summed E-state index contributed by atoms with van der Waals surface area (Å²) in [5, 5.41) is 9.09. The van der Waals surface area contributed by atoms with E-state index in [9.17, 15) is 27.2 Å². The average molecular weight is 378 g/mol. The van der Waals surface area contributed by atoms with Crippen LogP contribution in [0.1, 0.15) is 44.8 Å². The summed E-state index contributed by atoms with van der Waals surface area (Å²) in [6, 6.07) is 7.24. The first-order valence-corrected chi connectivity index (χ1v) is 7.59. The first-order chi connectivity index (χ1) is 12.6. The van der Waals surface area contributed by atoms with E-state index in [4.69, 9.17) is 5.26 Å². The van der Waals surface area contributed by atoms with Crippen molar-refractivity contribution in [2.45, 2.75) is 19.3 Å². The first-order valence-electron chi connectivity index (χ1n) is 7.59. The van der Waals surface area contributed by atoms with Gasteiger partial charge < -0.3 is 4.74 Å². The van der Waals surface area contributed by atoms with Gasteiger partial charge in [-0.15, -0.1) is 13.2 Å². The predicted octanol–water partition coefficient (Wildman–Crippen LogP) is 3.95. The quantitative estimate of drug-likeness (QED) is 0.599. The van der Waals surface area contributed by atoms with Crippen molar-refractivity contribution in [3.05, 3.63) is 64.5 Å². The minimum Gasteiger partial charge on any atom is -0.406 e. The molecule has 1 heterocycles. The zero-order valence-electron chi connectivity index (χ0n) is 13.7. The van der Waals surface area contributed by atoms with Gasteiger partial charge in [0.2, 0.25) is 0 Å². The topological polar surface area (TPSA) is 70.4 Å². The fourth-order valence-electron chi connectivity index (χ4n) is 2.89. The van der Waals surface area contributed by atoms with Gasteiger partial charge in [0.25, 0.3) is 11.8 Å². The van der Waals surface area contributed by atoms with E-state index in [0.717, 1.165) is 29.2 Å². The highest BCUT2D eigenvalue weighted by atomic mass is 19.4. The van der Waals surface area contributed by atoms with Gasteiger partial charge in [-0.2, -0.15) is 5.26 Å². The number of alkyl halides is 3. The van der Waals surface area contributed by atoms with E-state index in [2.05, 4.69) is 4.74 Å². The monoisotopic (exact) mass is 378 g/mol. The van der Waals surface area contributed by atoms with Crippen LogP contribution < -0.4 is 4.74 Å². The summed E-state index contributed by atoms with van der Waals surface area (Å²) in [6.07, 6.45) is -4.84. The zero-order valence-corrected chi connectivity index (χ0v) is 13.7. The molecule has 0 saturated heterocycles. The van der Waals surface area contributed by atoms with Crippen LogP contribution in [0.5, 0.6) is 5.75 Å². The number of hydrogen-bond donors (Lipinski definition) is 0. The smallest absolute Gasteiger partial charge is 0.406 e. The number of carbonyl (C=O) groups excluding carboxylic acids is 2.